The van der Waals surface area contributed by atoms with Gasteiger partial charge in [0, 0.05) is 5.56 Å². The number of rotatable bonds is 2. The number of nitrogens with zero attached hydrogens (tertiary/aromatic N) is 1. The molecular weight excluding hydrogens is 210 g/mol. The molecule has 0 aliphatic carbocycles. The lowest BCUT2D eigenvalue weighted by atomic mass is 10.1. The molecule has 1 unspecified atom stereocenters. The number of nitrogens with one attached hydrogen (secondary N) is 2. The normalized spacial score (nSPS) is 19.7. The maximum Gasteiger partial charge on any atom is 0.123 e. The second-order valence-electron chi connectivity index (χ2n) is 4.65. The van der Waals surface area contributed by atoms with E-state index in [9.17, 15) is 0 Å². The van der Waals surface area contributed by atoms with Crippen LogP contribution in [0, 0.1) is 6.92 Å². The standard InChI is InChI=1S/C14H17N3/c1-10-5-2-3-6-11(10)13-9-16-14(17-13)12-7-4-8-15-12/h2-3,5-6,9,12,15H,4,7-8H2,1H3,(H,16,17). The van der Waals surface area contributed by atoms with Gasteiger partial charge in [-0.1, -0.05) is 24.3 Å². The summed E-state index contributed by atoms with van der Waals surface area (Å²) < 4.78 is 0. The van der Waals surface area contributed by atoms with Gasteiger partial charge in [0.2, 0.25) is 0 Å². The van der Waals surface area contributed by atoms with Crippen molar-refractivity contribution in [3.05, 3.63) is 41.9 Å². The van der Waals surface area contributed by atoms with E-state index >= 15 is 0 Å². The van der Waals surface area contributed by atoms with E-state index in [1.165, 1.54) is 24.0 Å². The van der Waals surface area contributed by atoms with Crippen molar-refractivity contribution in [2.24, 2.45) is 0 Å². The van der Waals surface area contributed by atoms with Crippen molar-refractivity contribution in [1.29, 1.82) is 0 Å². The zero-order chi connectivity index (χ0) is 11.7. The monoisotopic (exact) mass is 227 g/mol. The van der Waals surface area contributed by atoms with Gasteiger partial charge in [0.25, 0.3) is 0 Å². The van der Waals surface area contributed by atoms with Gasteiger partial charge in [-0.2, -0.15) is 0 Å². The van der Waals surface area contributed by atoms with Crippen LogP contribution in [0.5, 0.6) is 0 Å². The van der Waals surface area contributed by atoms with Crippen molar-refractivity contribution in [2.45, 2.75) is 25.8 Å². The molecule has 3 heteroatoms. The lowest BCUT2D eigenvalue weighted by Crippen LogP contribution is -2.14. The fourth-order valence-corrected chi connectivity index (χ4v) is 2.44. The summed E-state index contributed by atoms with van der Waals surface area (Å²) >= 11 is 0. The third-order valence-electron chi connectivity index (χ3n) is 3.42. The van der Waals surface area contributed by atoms with E-state index in [0.717, 1.165) is 18.1 Å². The Morgan fingerprint density at radius 2 is 2.18 bits per heavy atom. The Labute approximate surface area is 101 Å². The zero-order valence-corrected chi connectivity index (χ0v) is 10.0. The van der Waals surface area contributed by atoms with Gasteiger partial charge in [0.05, 0.1) is 17.9 Å². The van der Waals surface area contributed by atoms with Crippen LogP contribution in [0.15, 0.2) is 30.5 Å². The van der Waals surface area contributed by atoms with E-state index in [-0.39, 0.29) is 0 Å². The highest BCUT2D eigenvalue weighted by atomic mass is 15.0. The molecule has 0 radical (unpaired) electrons. The van der Waals surface area contributed by atoms with E-state index in [0.29, 0.717) is 6.04 Å². The van der Waals surface area contributed by atoms with Crippen molar-refractivity contribution in [3.63, 3.8) is 0 Å². The fraction of sp³-hybridized carbons (Fsp3) is 0.357. The number of aromatic amines is 1. The van der Waals surface area contributed by atoms with Crippen LogP contribution in [0.2, 0.25) is 0 Å². The summed E-state index contributed by atoms with van der Waals surface area (Å²) in [6.07, 6.45) is 4.36. The molecule has 3 nitrogen and oxygen atoms in total. The number of benzene rings is 1. The molecule has 1 aromatic heterocycles. The topological polar surface area (TPSA) is 40.7 Å². The number of hydrogen-bond acceptors (Lipinski definition) is 2. The van der Waals surface area contributed by atoms with Crippen molar-refractivity contribution in [3.8, 4) is 11.3 Å². The first-order valence-electron chi connectivity index (χ1n) is 6.19. The van der Waals surface area contributed by atoms with Crippen molar-refractivity contribution in [1.82, 2.24) is 15.3 Å². The van der Waals surface area contributed by atoms with Crippen molar-refractivity contribution < 1.29 is 0 Å². The third kappa shape index (κ3) is 1.98. The van der Waals surface area contributed by atoms with Crippen LogP contribution in [0.4, 0.5) is 0 Å². The lowest BCUT2D eigenvalue weighted by Gasteiger charge is -2.06. The van der Waals surface area contributed by atoms with Crippen molar-refractivity contribution in [2.75, 3.05) is 6.54 Å². The van der Waals surface area contributed by atoms with Crippen LogP contribution in [-0.4, -0.2) is 16.5 Å². The summed E-state index contributed by atoms with van der Waals surface area (Å²) in [4.78, 5) is 7.94. The molecule has 1 atom stereocenters. The van der Waals surface area contributed by atoms with Crippen LogP contribution < -0.4 is 5.32 Å². The van der Waals surface area contributed by atoms with Gasteiger partial charge in [0.15, 0.2) is 0 Å². The Morgan fingerprint density at radius 1 is 1.29 bits per heavy atom. The Kier molecular flexibility index (Phi) is 2.69. The molecule has 1 aliphatic heterocycles. The smallest absolute Gasteiger partial charge is 0.123 e. The number of hydrogen-bond donors (Lipinski definition) is 2. The van der Waals surface area contributed by atoms with Crippen LogP contribution in [0.25, 0.3) is 11.3 Å². The molecule has 1 saturated heterocycles. The third-order valence-corrected chi connectivity index (χ3v) is 3.42. The Hall–Kier alpha value is -1.61. The molecule has 1 aromatic carbocycles. The quantitative estimate of drug-likeness (QED) is 0.828. The molecule has 2 aromatic rings. The SMILES string of the molecule is Cc1ccccc1-c1cnc(C2CCCN2)[nH]1. The number of aromatic nitrogens is 2. The highest BCUT2D eigenvalue weighted by Gasteiger charge is 2.19. The molecule has 2 N–H and O–H groups in total. The summed E-state index contributed by atoms with van der Waals surface area (Å²) in [6.45, 7) is 3.23. The average molecular weight is 227 g/mol. The molecule has 1 fully saturated rings. The first-order chi connectivity index (χ1) is 8.34. The molecule has 0 spiro atoms. The predicted molar refractivity (Wildman–Crippen MR) is 68.7 cm³/mol. The molecule has 3 rings (SSSR count). The average Bonchev–Trinajstić information content (AvgIpc) is 3.00. The van der Waals surface area contributed by atoms with Gasteiger partial charge in [-0.15, -0.1) is 0 Å². The first-order valence-corrected chi connectivity index (χ1v) is 6.19. The van der Waals surface area contributed by atoms with Gasteiger partial charge in [-0.05, 0) is 31.9 Å². The molecular formula is C14H17N3. The molecule has 17 heavy (non-hydrogen) atoms. The molecule has 0 bridgehead atoms. The summed E-state index contributed by atoms with van der Waals surface area (Å²) in [5.41, 5.74) is 3.64. The molecule has 2 heterocycles. The summed E-state index contributed by atoms with van der Waals surface area (Å²) in [5, 5.41) is 3.46. The maximum absolute atomic E-state index is 4.50. The van der Waals surface area contributed by atoms with Crippen molar-refractivity contribution >= 4 is 0 Å². The van der Waals surface area contributed by atoms with E-state index in [2.05, 4.69) is 46.5 Å². The van der Waals surface area contributed by atoms with E-state index < -0.39 is 0 Å². The van der Waals surface area contributed by atoms with E-state index in [1.807, 2.05) is 6.20 Å². The van der Waals surface area contributed by atoms with Crippen LogP contribution >= 0.6 is 0 Å². The van der Waals surface area contributed by atoms with Gasteiger partial charge in [0.1, 0.15) is 5.82 Å². The highest BCUT2D eigenvalue weighted by Crippen LogP contribution is 2.25. The first kappa shape index (κ1) is 10.5. The second kappa shape index (κ2) is 4.34. The van der Waals surface area contributed by atoms with Gasteiger partial charge >= 0.3 is 0 Å². The minimum absolute atomic E-state index is 0.410. The van der Waals surface area contributed by atoms with E-state index in [4.69, 9.17) is 0 Å². The number of H-pyrrole nitrogens is 1. The number of aryl methyl sites for hydroxylation is 1. The highest BCUT2D eigenvalue weighted by molar-refractivity contribution is 5.62. The largest absolute Gasteiger partial charge is 0.341 e. The lowest BCUT2D eigenvalue weighted by molar-refractivity contribution is 0.613. The minimum atomic E-state index is 0.410. The van der Waals surface area contributed by atoms with Crippen LogP contribution in [0.3, 0.4) is 0 Å². The predicted octanol–water partition coefficient (Wildman–Crippen LogP) is 2.81. The Bertz CT molecular complexity index is 510. The molecule has 0 amide bonds. The summed E-state index contributed by atoms with van der Waals surface area (Å²) in [7, 11) is 0. The Balaban J connectivity index is 1.92. The summed E-state index contributed by atoms with van der Waals surface area (Å²) in [5.74, 6) is 1.07. The van der Waals surface area contributed by atoms with Gasteiger partial charge in [-0.25, -0.2) is 4.98 Å². The summed E-state index contributed by atoms with van der Waals surface area (Å²) in [6, 6.07) is 8.80. The van der Waals surface area contributed by atoms with Gasteiger partial charge in [-0.3, -0.25) is 0 Å². The van der Waals surface area contributed by atoms with E-state index in [1.54, 1.807) is 0 Å². The fourth-order valence-electron chi connectivity index (χ4n) is 2.44. The second-order valence-corrected chi connectivity index (χ2v) is 4.65. The van der Waals surface area contributed by atoms with Crippen LogP contribution in [0.1, 0.15) is 30.3 Å². The van der Waals surface area contributed by atoms with Gasteiger partial charge < -0.3 is 10.3 Å². The Morgan fingerprint density at radius 3 is 2.94 bits per heavy atom. The molecule has 0 saturated carbocycles. The maximum atomic E-state index is 4.50. The molecule has 88 valence electrons. The zero-order valence-electron chi connectivity index (χ0n) is 10.0. The molecule has 1 aliphatic rings. The number of imidazole rings is 1. The van der Waals surface area contributed by atoms with Crippen LogP contribution in [-0.2, 0) is 0 Å². The minimum Gasteiger partial charge on any atom is -0.341 e.